The fourth-order valence-corrected chi connectivity index (χ4v) is 2.53. The number of nitrogens with zero attached hydrogens (tertiary/aromatic N) is 3. The molecular formula is C13H21ClN4O. The molecule has 1 fully saturated rings. The van der Waals surface area contributed by atoms with Crippen molar-refractivity contribution in [1.29, 1.82) is 0 Å². The number of hydrogen-bond acceptors (Lipinski definition) is 5. The molecule has 0 aliphatic carbocycles. The number of halogens is 1. The van der Waals surface area contributed by atoms with Crippen molar-refractivity contribution in [2.24, 2.45) is 5.92 Å². The highest BCUT2D eigenvalue weighted by Gasteiger charge is 2.18. The number of anilines is 2. The second kappa shape index (κ2) is 6.91. The number of ether oxygens (including phenoxy) is 1. The van der Waals surface area contributed by atoms with Crippen LogP contribution in [-0.2, 0) is 4.74 Å². The van der Waals surface area contributed by atoms with E-state index >= 15 is 0 Å². The van der Waals surface area contributed by atoms with Crippen molar-refractivity contribution in [1.82, 2.24) is 9.97 Å². The Morgan fingerprint density at radius 2 is 2.42 bits per heavy atom. The zero-order valence-electron chi connectivity index (χ0n) is 11.5. The van der Waals surface area contributed by atoms with E-state index in [1.54, 1.807) is 6.20 Å². The van der Waals surface area contributed by atoms with Crippen LogP contribution in [0.15, 0.2) is 6.20 Å². The quantitative estimate of drug-likeness (QED) is 0.900. The van der Waals surface area contributed by atoms with E-state index < -0.39 is 0 Å². The zero-order valence-corrected chi connectivity index (χ0v) is 12.3. The summed E-state index contributed by atoms with van der Waals surface area (Å²) in [6, 6.07) is 0. The van der Waals surface area contributed by atoms with Gasteiger partial charge in [0.2, 0.25) is 5.95 Å². The largest absolute Gasteiger partial charge is 0.381 e. The van der Waals surface area contributed by atoms with Gasteiger partial charge in [0.1, 0.15) is 5.02 Å². The minimum atomic E-state index is 0.548. The number of hydrogen-bond donors (Lipinski definition) is 1. The average molecular weight is 285 g/mol. The number of aromatic nitrogens is 2. The molecule has 6 heteroatoms. The summed E-state index contributed by atoms with van der Waals surface area (Å²) in [5.74, 6) is 1.94. The summed E-state index contributed by atoms with van der Waals surface area (Å²) < 4.78 is 5.51. The number of rotatable bonds is 5. The second-order valence-electron chi connectivity index (χ2n) is 4.86. The van der Waals surface area contributed by atoms with Gasteiger partial charge >= 0.3 is 0 Å². The van der Waals surface area contributed by atoms with E-state index in [9.17, 15) is 0 Å². The van der Waals surface area contributed by atoms with Crippen molar-refractivity contribution >= 4 is 23.4 Å². The van der Waals surface area contributed by atoms with Crippen LogP contribution in [0.3, 0.4) is 0 Å². The van der Waals surface area contributed by atoms with Crippen molar-refractivity contribution in [3.8, 4) is 0 Å². The van der Waals surface area contributed by atoms with Crippen LogP contribution in [0.2, 0.25) is 5.02 Å². The van der Waals surface area contributed by atoms with Gasteiger partial charge in [0.05, 0.1) is 12.8 Å². The smallest absolute Gasteiger partial charge is 0.224 e. The molecule has 0 aromatic carbocycles. The first-order chi connectivity index (χ1) is 9.20. The molecule has 1 N–H and O–H groups in total. The monoisotopic (exact) mass is 284 g/mol. The Kier molecular flexibility index (Phi) is 5.22. The maximum atomic E-state index is 6.18. The summed E-state index contributed by atoms with van der Waals surface area (Å²) in [6.45, 7) is 5.43. The van der Waals surface area contributed by atoms with Gasteiger partial charge in [-0.05, 0) is 25.7 Å². The van der Waals surface area contributed by atoms with Crippen LogP contribution in [0.25, 0.3) is 0 Å². The summed E-state index contributed by atoms with van der Waals surface area (Å²) in [6.07, 6.45) is 3.99. The Morgan fingerprint density at radius 3 is 3.11 bits per heavy atom. The van der Waals surface area contributed by atoms with Crippen LogP contribution >= 0.6 is 11.6 Å². The molecule has 2 heterocycles. The summed E-state index contributed by atoms with van der Waals surface area (Å²) in [5, 5.41) is 3.69. The second-order valence-corrected chi connectivity index (χ2v) is 5.27. The molecule has 0 radical (unpaired) electrons. The van der Waals surface area contributed by atoms with Crippen LogP contribution in [0.4, 0.5) is 11.8 Å². The van der Waals surface area contributed by atoms with Crippen LogP contribution in [0.5, 0.6) is 0 Å². The lowest BCUT2D eigenvalue weighted by molar-refractivity contribution is 0.0576. The van der Waals surface area contributed by atoms with E-state index in [4.69, 9.17) is 16.3 Å². The van der Waals surface area contributed by atoms with Gasteiger partial charge in [-0.1, -0.05) is 11.6 Å². The Balaban J connectivity index is 2.04. The molecule has 0 bridgehead atoms. The van der Waals surface area contributed by atoms with Crippen LogP contribution in [-0.4, -0.2) is 43.3 Å². The Hall–Kier alpha value is -1.07. The van der Waals surface area contributed by atoms with Gasteiger partial charge in [-0.2, -0.15) is 4.98 Å². The normalized spacial score (nSPS) is 19.2. The summed E-state index contributed by atoms with van der Waals surface area (Å²) in [5.41, 5.74) is 0. The molecule has 1 aliphatic heterocycles. The predicted octanol–water partition coefficient (Wildman–Crippen LogP) is 2.42. The third-order valence-electron chi connectivity index (χ3n) is 3.21. The average Bonchev–Trinajstić information content (AvgIpc) is 2.42. The van der Waals surface area contributed by atoms with Gasteiger partial charge in [-0.3, -0.25) is 0 Å². The fourth-order valence-electron chi connectivity index (χ4n) is 2.29. The summed E-state index contributed by atoms with van der Waals surface area (Å²) in [7, 11) is 2.01. The lowest BCUT2D eigenvalue weighted by atomic mass is 10.0. The molecule has 19 heavy (non-hydrogen) atoms. The van der Waals surface area contributed by atoms with E-state index in [-0.39, 0.29) is 0 Å². The lowest BCUT2D eigenvalue weighted by Crippen LogP contribution is -2.31. The maximum Gasteiger partial charge on any atom is 0.224 e. The minimum Gasteiger partial charge on any atom is -0.381 e. The molecule has 0 spiro atoms. The molecule has 1 saturated heterocycles. The van der Waals surface area contributed by atoms with Gasteiger partial charge in [0.15, 0.2) is 5.82 Å². The Morgan fingerprint density at radius 1 is 1.58 bits per heavy atom. The van der Waals surface area contributed by atoms with Gasteiger partial charge in [-0.25, -0.2) is 4.98 Å². The topological polar surface area (TPSA) is 50.3 Å². The molecule has 1 aromatic heterocycles. The van der Waals surface area contributed by atoms with E-state index in [1.165, 1.54) is 6.42 Å². The van der Waals surface area contributed by atoms with Gasteiger partial charge in [-0.15, -0.1) is 0 Å². The van der Waals surface area contributed by atoms with Crippen molar-refractivity contribution in [3.05, 3.63) is 11.2 Å². The highest BCUT2D eigenvalue weighted by molar-refractivity contribution is 6.32. The molecule has 5 nitrogen and oxygen atoms in total. The highest BCUT2D eigenvalue weighted by atomic mass is 35.5. The molecule has 0 saturated carbocycles. The summed E-state index contributed by atoms with van der Waals surface area (Å²) in [4.78, 5) is 10.7. The van der Waals surface area contributed by atoms with Crippen molar-refractivity contribution in [3.63, 3.8) is 0 Å². The summed E-state index contributed by atoms with van der Waals surface area (Å²) >= 11 is 6.18. The van der Waals surface area contributed by atoms with E-state index in [2.05, 4.69) is 20.2 Å². The van der Waals surface area contributed by atoms with E-state index in [1.807, 2.05) is 14.0 Å². The zero-order chi connectivity index (χ0) is 13.7. The van der Waals surface area contributed by atoms with Gasteiger partial charge < -0.3 is 15.0 Å². The van der Waals surface area contributed by atoms with Crippen molar-refractivity contribution in [2.45, 2.75) is 19.8 Å². The predicted molar refractivity (Wildman–Crippen MR) is 78.0 cm³/mol. The molecule has 1 atom stereocenters. The Bertz CT molecular complexity index is 410. The standard InChI is InChI=1S/C13H21ClN4O/c1-3-15-13-16-7-11(14)12(17-13)18(2)8-10-5-4-6-19-9-10/h7,10H,3-6,8-9H2,1-2H3,(H,15,16,17). The van der Waals surface area contributed by atoms with Crippen molar-refractivity contribution < 1.29 is 4.74 Å². The van der Waals surface area contributed by atoms with E-state index in [0.29, 0.717) is 16.9 Å². The van der Waals surface area contributed by atoms with Gasteiger partial charge in [0.25, 0.3) is 0 Å². The molecule has 1 unspecified atom stereocenters. The lowest BCUT2D eigenvalue weighted by Gasteiger charge is -2.28. The molecule has 106 valence electrons. The molecular weight excluding hydrogens is 264 g/mol. The first-order valence-electron chi connectivity index (χ1n) is 6.76. The minimum absolute atomic E-state index is 0.548. The maximum absolute atomic E-state index is 6.18. The molecule has 0 amide bonds. The third-order valence-corrected chi connectivity index (χ3v) is 3.48. The SMILES string of the molecule is CCNc1ncc(Cl)c(N(C)CC2CCCOC2)n1. The molecule has 1 aromatic rings. The Labute approximate surface area is 119 Å². The van der Waals surface area contributed by atoms with Crippen LogP contribution < -0.4 is 10.2 Å². The fraction of sp³-hybridized carbons (Fsp3) is 0.692. The highest BCUT2D eigenvalue weighted by Crippen LogP contribution is 2.25. The third kappa shape index (κ3) is 3.94. The van der Waals surface area contributed by atoms with Crippen molar-refractivity contribution in [2.75, 3.05) is 43.6 Å². The number of nitrogens with one attached hydrogen (secondary N) is 1. The van der Waals surface area contributed by atoms with Gasteiger partial charge in [0, 0.05) is 26.7 Å². The van der Waals surface area contributed by atoms with Crippen LogP contribution in [0.1, 0.15) is 19.8 Å². The molecule has 1 aliphatic rings. The molecule has 2 rings (SSSR count). The van der Waals surface area contributed by atoms with E-state index in [0.717, 1.165) is 38.5 Å². The van der Waals surface area contributed by atoms with Crippen LogP contribution in [0, 0.1) is 5.92 Å². The first kappa shape index (κ1) is 14.3. The first-order valence-corrected chi connectivity index (χ1v) is 7.13.